The molecule has 10 nitrogen and oxygen atoms in total. The summed E-state index contributed by atoms with van der Waals surface area (Å²) in [6.07, 6.45) is 6.80. The van der Waals surface area contributed by atoms with Crippen molar-refractivity contribution in [1.29, 1.82) is 0 Å². The molecule has 11 heteroatoms. The number of hydrogen-bond acceptors (Lipinski definition) is 7. The van der Waals surface area contributed by atoms with Crippen molar-refractivity contribution in [2.45, 2.75) is 43.9 Å². The van der Waals surface area contributed by atoms with E-state index in [1.54, 1.807) is 17.4 Å². The Labute approximate surface area is 266 Å². The average Bonchev–Trinajstić information content (AvgIpc) is 3.79. The Morgan fingerprint density at radius 3 is 2.60 bits per heavy atom. The molecule has 2 aliphatic heterocycles. The van der Waals surface area contributed by atoms with Crippen LogP contribution in [0, 0.1) is 5.92 Å². The molecule has 0 spiro atoms. The molecule has 6 heterocycles. The molecule has 0 radical (unpaired) electrons. The van der Waals surface area contributed by atoms with Crippen LogP contribution in [0.15, 0.2) is 78.1 Å². The van der Waals surface area contributed by atoms with Gasteiger partial charge in [-0.2, -0.15) is 5.10 Å². The summed E-state index contributed by atoms with van der Waals surface area (Å²) >= 11 is 1.80. The van der Waals surface area contributed by atoms with Gasteiger partial charge < -0.3 is 14.6 Å². The molecule has 2 saturated heterocycles. The van der Waals surface area contributed by atoms with Gasteiger partial charge in [0, 0.05) is 69.4 Å². The molecule has 2 aliphatic rings. The molecule has 0 unspecified atom stereocenters. The highest BCUT2D eigenvalue weighted by Gasteiger charge is 2.41. The summed E-state index contributed by atoms with van der Waals surface area (Å²) in [6.45, 7) is 3.63. The molecule has 0 saturated carbocycles. The lowest BCUT2D eigenvalue weighted by Gasteiger charge is -2.43. The number of piperidine rings is 2. The fourth-order valence-corrected chi connectivity index (χ4v) is 8.19. The molecule has 45 heavy (non-hydrogen) atoms. The lowest BCUT2D eigenvalue weighted by molar-refractivity contribution is -0.142. The number of carbonyl (C=O) groups excluding carboxylic acids is 1. The quantitative estimate of drug-likeness (QED) is 0.295. The average molecular weight is 626 g/mol. The first kappa shape index (κ1) is 29.6. The summed E-state index contributed by atoms with van der Waals surface area (Å²) in [5, 5.41) is 16.3. The first-order valence-corrected chi connectivity index (χ1v) is 16.5. The minimum Gasteiger partial charge on any atom is -0.388 e. The Balaban J connectivity index is 1.02. The smallest absolute Gasteiger partial charge is 0.262 e. The van der Waals surface area contributed by atoms with E-state index in [1.807, 2.05) is 52.8 Å². The predicted octanol–water partition coefficient (Wildman–Crippen LogP) is 3.86. The topological polar surface area (TPSA) is 101 Å². The number of nitrogens with zero attached hydrogens (tertiary/aromatic N) is 7. The highest BCUT2D eigenvalue weighted by molar-refractivity contribution is 7.15. The zero-order valence-corrected chi connectivity index (χ0v) is 26.6. The molecule has 0 bridgehead atoms. The van der Waals surface area contributed by atoms with Crippen molar-refractivity contribution in [1.82, 2.24) is 33.7 Å². The predicted molar refractivity (Wildman–Crippen MR) is 175 cm³/mol. The van der Waals surface area contributed by atoms with Crippen LogP contribution in [0.25, 0.3) is 21.6 Å². The van der Waals surface area contributed by atoms with E-state index in [0.29, 0.717) is 37.0 Å². The van der Waals surface area contributed by atoms with Gasteiger partial charge in [0.2, 0.25) is 5.91 Å². The molecule has 0 aliphatic carbocycles. The van der Waals surface area contributed by atoms with Crippen molar-refractivity contribution >= 4 is 28.3 Å². The number of hydrogen-bond donors (Lipinski definition) is 1. The van der Waals surface area contributed by atoms with Crippen LogP contribution < -0.4 is 5.56 Å². The van der Waals surface area contributed by atoms with Crippen LogP contribution in [-0.4, -0.2) is 76.5 Å². The second-order valence-corrected chi connectivity index (χ2v) is 13.8. The van der Waals surface area contributed by atoms with Crippen LogP contribution in [0.2, 0.25) is 0 Å². The Kier molecular flexibility index (Phi) is 7.93. The van der Waals surface area contributed by atoms with Crippen molar-refractivity contribution in [3.05, 3.63) is 94.1 Å². The second kappa shape index (κ2) is 12.0. The summed E-state index contributed by atoms with van der Waals surface area (Å²) in [4.78, 5) is 38.5. The third-order valence-electron chi connectivity index (χ3n) is 9.68. The molecule has 4 aromatic heterocycles. The lowest BCUT2D eigenvalue weighted by Crippen LogP contribution is -2.53. The fourth-order valence-electron chi connectivity index (χ4n) is 7.08. The Morgan fingerprint density at radius 2 is 1.84 bits per heavy atom. The Hall–Kier alpha value is -4.06. The summed E-state index contributed by atoms with van der Waals surface area (Å²) in [7, 11) is 3.82. The van der Waals surface area contributed by atoms with Gasteiger partial charge in [0.05, 0.1) is 28.1 Å². The highest BCUT2D eigenvalue weighted by Crippen LogP contribution is 2.37. The number of aromatic nitrogens is 5. The zero-order valence-electron chi connectivity index (χ0n) is 25.7. The molecular formula is C34H39N7O3S. The highest BCUT2D eigenvalue weighted by atomic mass is 32.1. The van der Waals surface area contributed by atoms with Crippen molar-refractivity contribution in [3.8, 4) is 10.6 Å². The number of amides is 1. The van der Waals surface area contributed by atoms with E-state index >= 15 is 0 Å². The number of fused-ring (bicyclic) bond motifs is 1. The standard InChI is InChI=1S/C34H39N7O3S/c1-37-16-11-27-31(37)35-23-41(33(27)43)22-34(44)13-18-40(19-14-34)32(42)26-12-17-39(21-28(26)24-6-4-3-5-7-24)20-25-8-9-30(45-25)29-10-15-36-38(29)2/h3-11,15-16,23,26,28,44H,12-14,17-22H2,1-2H3/t26-,28+/m1/s1. The van der Waals surface area contributed by atoms with E-state index in [9.17, 15) is 14.7 Å². The van der Waals surface area contributed by atoms with Gasteiger partial charge in [-0.3, -0.25) is 23.7 Å². The van der Waals surface area contributed by atoms with Crippen LogP contribution in [0.3, 0.4) is 0 Å². The van der Waals surface area contributed by atoms with E-state index in [0.717, 1.165) is 31.7 Å². The van der Waals surface area contributed by atoms with Crippen LogP contribution in [0.5, 0.6) is 0 Å². The summed E-state index contributed by atoms with van der Waals surface area (Å²) < 4.78 is 5.23. The normalized spacial score (nSPS) is 20.6. The largest absolute Gasteiger partial charge is 0.388 e. The first-order chi connectivity index (χ1) is 21.8. The van der Waals surface area contributed by atoms with Gasteiger partial charge in [-0.1, -0.05) is 30.3 Å². The summed E-state index contributed by atoms with van der Waals surface area (Å²) in [5.74, 6) is 0.146. The van der Waals surface area contributed by atoms with Gasteiger partial charge in [-0.05, 0) is 55.6 Å². The second-order valence-electron chi connectivity index (χ2n) is 12.6. The van der Waals surface area contributed by atoms with Crippen molar-refractivity contribution in [3.63, 3.8) is 0 Å². The van der Waals surface area contributed by atoms with Gasteiger partial charge in [0.1, 0.15) is 12.0 Å². The van der Waals surface area contributed by atoms with Crippen LogP contribution in [-0.2, 0) is 32.0 Å². The van der Waals surface area contributed by atoms with Crippen LogP contribution in [0.1, 0.15) is 35.6 Å². The van der Waals surface area contributed by atoms with Crippen molar-refractivity contribution in [2.75, 3.05) is 26.2 Å². The number of thiophene rings is 1. The Bertz CT molecular complexity index is 1860. The zero-order chi connectivity index (χ0) is 31.1. The van der Waals surface area contributed by atoms with Gasteiger partial charge in [0.25, 0.3) is 5.56 Å². The van der Waals surface area contributed by atoms with Gasteiger partial charge in [-0.25, -0.2) is 4.98 Å². The van der Waals surface area contributed by atoms with Gasteiger partial charge in [0.15, 0.2) is 0 Å². The number of benzene rings is 1. The lowest BCUT2D eigenvalue weighted by atomic mass is 9.79. The molecule has 5 aromatic rings. The van der Waals surface area contributed by atoms with E-state index in [2.05, 4.69) is 51.4 Å². The molecule has 7 rings (SSSR count). The SMILES string of the molecule is Cn1nccc1-c1ccc(CN2CC[C@@H](C(=O)N3CCC(O)(Cn4cnc5c(ccn5C)c4=O)CC3)[C@H](c3ccccc3)C2)s1. The fraction of sp³-hybridized carbons (Fsp3) is 0.412. The third-order valence-corrected chi connectivity index (χ3v) is 10.8. The number of aryl methyl sites for hydroxylation is 2. The minimum atomic E-state index is -1.07. The monoisotopic (exact) mass is 625 g/mol. The van der Waals surface area contributed by atoms with Crippen molar-refractivity contribution < 1.29 is 9.90 Å². The number of likely N-dealkylation sites (tertiary alicyclic amines) is 2. The summed E-state index contributed by atoms with van der Waals surface area (Å²) in [6, 6.07) is 18.6. The number of carbonyl (C=O) groups is 1. The van der Waals surface area contributed by atoms with E-state index < -0.39 is 5.60 Å². The summed E-state index contributed by atoms with van der Waals surface area (Å²) in [5.41, 5.74) is 1.72. The third kappa shape index (κ3) is 5.87. The van der Waals surface area contributed by atoms with E-state index in [4.69, 9.17) is 0 Å². The van der Waals surface area contributed by atoms with E-state index in [-0.39, 0.29) is 29.8 Å². The molecule has 2 fully saturated rings. The number of rotatable bonds is 7. The maximum absolute atomic E-state index is 14.1. The van der Waals surface area contributed by atoms with Crippen LogP contribution in [0.4, 0.5) is 0 Å². The minimum absolute atomic E-state index is 0.0898. The molecule has 1 N–H and O–H groups in total. The molecule has 1 amide bonds. The molecule has 234 valence electrons. The molecule has 1 aromatic carbocycles. The molecule has 2 atom stereocenters. The van der Waals surface area contributed by atoms with Gasteiger partial charge >= 0.3 is 0 Å². The number of aliphatic hydroxyl groups is 1. The van der Waals surface area contributed by atoms with E-state index in [1.165, 1.54) is 26.2 Å². The van der Waals surface area contributed by atoms with Crippen LogP contribution >= 0.6 is 11.3 Å². The maximum atomic E-state index is 14.1. The first-order valence-electron chi connectivity index (χ1n) is 15.6. The van der Waals surface area contributed by atoms with Crippen molar-refractivity contribution in [2.24, 2.45) is 20.0 Å². The Morgan fingerprint density at radius 1 is 1.04 bits per heavy atom. The van der Waals surface area contributed by atoms with Gasteiger partial charge in [-0.15, -0.1) is 11.3 Å². The molecular weight excluding hydrogens is 586 g/mol. The maximum Gasteiger partial charge on any atom is 0.262 e.